The third-order valence-corrected chi connectivity index (χ3v) is 5.47. The number of nitrogens with one attached hydrogen (secondary N) is 2. The highest BCUT2D eigenvalue weighted by atomic mass is 19.4. The quantitative estimate of drug-likeness (QED) is 0.325. The van der Waals surface area contributed by atoms with E-state index < -0.39 is 11.9 Å². The summed E-state index contributed by atoms with van der Waals surface area (Å²) in [7, 11) is 1.68. The molecule has 0 bridgehead atoms. The summed E-state index contributed by atoms with van der Waals surface area (Å²) in [4.78, 5) is 17.3. The summed E-state index contributed by atoms with van der Waals surface area (Å²) >= 11 is 0. The van der Waals surface area contributed by atoms with Gasteiger partial charge in [-0.05, 0) is 48.2 Å². The summed E-state index contributed by atoms with van der Waals surface area (Å²) in [6, 6.07) is 17.2. The molecule has 34 heavy (non-hydrogen) atoms. The number of benzene rings is 2. The maximum absolute atomic E-state index is 14.1. The molecule has 0 aliphatic carbocycles. The second-order valence-electron chi connectivity index (χ2n) is 7.72. The van der Waals surface area contributed by atoms with Crippen LogP contribution in [0.25, 0.3) is 33.1 Å². The van der Waals surface area contributed by atoms with Crippen LogP contribution in [-0.4, -0.2) is 27.0 Å². The smallest absolute Gasteiger partial charge is 0.357 e. The summed E-state index contributed by atoms with van der Waals surface area (Å²) in [5.41, 5.74) is 1.94. The number of para-hydroxylation sites is 1. The van der Waals surface area contributed by atoms with E-state index in [0.717, 1.165) is 5.56 Å². The van der Waals surface area contributed by atoms with Gasteiger partial charge in [0, 0.05) is 35.3 Å². The molecule has 0 unspecified atom stereocenters. The van der Waals surface area contributed by atoms with Crippen molar-refractivity contribution in [1.82, 2.24) is 19.9 Å². The number of pyridine rings is 2. The van der Waals surface area contributed by atoms with Crippen LogP contribution in [-0.2, 0) is 6.18 Å². The van der Waals surface area contributed by atoms with Gasteiger partial charge in [0.2, 0.25) is 5.95 Å². The molecular weight excluding hydrogens is 441 g/mol. The summed E-state index contributed by atoms with van der Waals surface area (Å²) < 4.78 is 42.3. The first-order chi connectivity index (χ1) is 16.3. The van der Waals surface area contributed by atoms with E-state index in [4.69, 9.17) is 0 Å². The third-order valence-electron chi connectivity index (χ3n) is 5.47. The van der Waals surface area contributed by atoms with E-state index >= 15 is 0 Å². The van der Waals surface area contributed by atoms with Gasteiger partial charge in [-0.1, -0.05) is 30.3 Å². The average Bonchev–Trinajstić information content (AvgIpc) is 2.83. The molecule has 0 radical (unpaired) electrons. The predicted molar refractivity (Wildman–Crippen MR) is 127 cm³/mol. The highest BCUT2D eigenvalue weighted by molar-refractivity contribution is 6.05. The van der Waals surface area contributed by atoms with Crippen LogP contribution in [0.2, 0.25) is 0 Å². The van der Waals surface area contributed by atoms with Crippen molar-refractivity contribution in [2.45, 2.75) is 13.1 Å². The van der Waals surface area contributed by atoms with E-state index in [0.29, 0.717) is 39.3 Å². The molecule has 5 rings (SSSR count). The van der Waals surface area contributed by atoms with E-state index in [-0.39, 0.29) is 11.2 Å². The average molecular weight is 460 g/mol. The minimum atomic E-state index is -4.65. The fourth-order valence-electron chi connectivity index (χ4n) is 3.96. The predicted octanol–water partition coefficient (Wildman–Crippen LogP) is 6.35. The van der Waals surface area contributed by atoms with Gasteiger partial charge in [-0.3, -0.25) is 0 Å². The highest BCUT2D eigenvalue weighted by Crippen LogP contribution is 2.41. The molecule has 3 heterocycles. The Balaban J connectivity index is 1.85. The Bertz CT molecular complexity index is 1520. The lowest BCUT2D eigenvalue weighted by atomic mass is 9.95. The summed E-state index contributed by atoms with van der Waals surface area (Å²) in [5.74, 6) is 0.411. The van der Waals surface area contributed by atoms with Gasteiger partial charge in [0.15, 0.2) is 11.3 Å². The first kappa shape index (κ1) is 21.6. The zero-order valence-electron chi connectivity index (χ0n) is 18.3. The topological polar surface area (TPSA) is 75.6 Å². The molecule has 0 amide bonds. The van der Waals surface area contributed by atoms with Gasteiger partial charge in [-0.15, -0.1) is 0 Å². The molecule has 0 saturated carbocycles. The van der Waals surface area contributed by atoms with Gasteiger partial charge in [-0.25, -0.2) is 15.0 Å². The largest absolute Gasteiger partial charge is 0.434 e. The number of fused-ring (bicyclic) bond motifs is 2. The molecular formula is C25H19F3N6. The molecule has 2 aromatic carbocycles. The van der Waals surface area contributed by atoms with Crippen molar-refractivity contribution in [3.8, 4) is 11.3 Å². The van der Waals surface area contributed by atoms with Crippen molar-refractivity contribution in [3.63, 3.8) is 0 Å². The van der Waals surface area contributed by atoms with Crippen molar-refractivity contribution in [2.24, 2.45) is 0 Å². The van der Waals surface area contributed by atoms with Crippen LogP contribution in [0.4, 0.5) is 30.6 Å². The van der Waals surface area contributed by atoms with E-state index in [9.17, 15) is 13.2 Å². The summed E-state index contributed by atoms with van der Waals surface area (Å²) in [6.45, 7) is 1.84. The maximum Gasteiger partial charge on any atom is 0.434 e. The number of alkyl halides is 3. The normalized spacial score (nSPS) is 11.7. The number of aromatic nitrogens is 4. The molecule has 170 valence electrons. The van der Waals surface area contributed by atoms with Crippen LogP contribution in [0, 0.1) is 6.92 Å². The van der Waals surface area contributed by atoms with Gasteiger partial charge >= 0.3 is 6.18 Å². The fraction of sp³-hybridized carbons (Fsp3) is 0.120. The molecule has 2 N–H and O–H groups in total. The van der Waals surface area contributed by atoms with Gasteiger partial charge in [0.1, 0.15) is 5.82 Å². The molecule has 0 atom stereocenters. The van der Waals surface area contributed by atoms with Gasteiger partial charge in [0.05, 0.1) is 5.69 Å². The Morgan fingerprint density at radius 2 is 1.62 bits per heavy atom. The lowest BCUT2D eigenvalue weighted by Gasteiger charge is -2.18. The Labute approximate surface area is 192 Å². The minimum Gasteiger partial charge on any atom is -0.357 e. The Hall–Kier alpha value is -4.27. The standard InChI is InChI=1S/C25H19F3N6/c1-14-10-11-16-18(20(14)21-17-9-6-12-30-23(17)34-24(29-2)33-21)13-19(32-22(16)25(26,27)28)31-15-7-4-3-5-8-15/h3-13H,1-2H3,(H,31,32)(H,29,30,33,34). The van der Waals surface area contributed by atoms with E-state index in [1.165, 1.54) is 6.07 Å². The number of halogens is 3. The van der Waals surface area contributed by atoms with E-state index in [2.05, 4.69) is 30.6 Å². The van der Waals surface area contributed by atoms with Crippen molar-refractivity contribution < 1.29 is 13.2 Å². The number of rotatable bonds is 4. The zero-order valence-corrected chi connectivity index (χ0v) is 18.3. The highest BCUT2D eigenvalue weighted by Gasteiger charge is 2.36. The first-order valence-electron chi connectivity index (χ1n) is 10.5. The molecule has 3 aromatic heterocycles. The molecule has 0 spiro atoms. The first-order valence-corrected chi connectivity index (χ1v) is 10.5. The van der Waals surface area contributed by atoms with E-state index in [1.807, 2.05) is 19.1 Å². The van der Waals surface area contributed by atoms with Crippen LogP contribution in [0.3, 0.4) is 0 Å². The number of hydrogen-bond acceptors (Lipinski definition) is 6. The lowest BCUT2D eigenvalue weighted by Crippen LogP contribution is -2.11. The summed E-state index contributed by atoms with van der Waals surface area (Å²) in [5, 5.41) is 6.92. The maximum atomic E-state index is 14.1. The third kappa shape index (κ3) is 3.85. The molecule has 6 nitrogen and oxygen atoms in total. The number of nitrogens with zero attached hydrogens (tertiary/aromatic N) is 4. The molecule has 5 aromatic rings. The van der Waals surface area contributed by atoms with Crippen molar-refractivity contribution in [2.75, 3.05) is 17.7 Å². The second-order valence-corrected chi connectivity index (χ2v) is 7.72. The van der Waals surface area contributed by atoms with Crippen molar-refractivity contribution in [1.29, 1.82) is 0 Å². The van der Waals surface area contributed by atoms with Crippen molar-refractivity contribution in [3.05, 3.63) is 78.1 Å². The molecule has 0 saturated heterocycles. The Morgan fingerprint density at radius 3 is 2.35 bits per heavy atom. The lowest BCUT2D eigenvalue weighted by molar-refractivity contribution is -0.139. The molecule has 0 aliphatic rings. The van der Waals surface area contributed by atoms with Crippen LogP contribution in [0.15, 0.2) is 66.9 Å². The second kappa shape index (κ2) is 8.26. The van der Waals surface area contributed by atoms with Crippen LogP contribution >= 0.6 is 0 Å². The SMILES string of the molecule is CNc1nc(-c2c(C)ccc3c(C(F)(F)F)nc(Nc4ccccc4)cc23)c2cccnc2n1. The molecule has 9 heteroatoms. The van der Waals surface area contributed by atoms with Crippen LogP contribution in [0.5, 0.6) is 0 Å². The molecule has 0 fully saturated rings. The molecule has 0 aliphatic heterocycles. The van der Waals surface area contributed by atoms with Crippen LogP contribution in [0.1, 0.15) is 11.3 Å². The van der Waals surface area contributed by atoms with Gasteiger partial charge in [-0.2, -0.15) is 18.2 Å². The van der Waals surface area contributed by atoms with E-state index in [1.54, 1.807) is 55.7 Å². The fourth-order valence-corrected chi connectivity index (χ4v) is 3.96. The zero-order chi connectivity index (χ0) is 23.9. The summed E-state index contributed by atoms with van der Waals surface area (Å²) in [6.07, 6.45) is -3.04. The minimum absolute atomic E-state index is 0.00614. The Kier molecular flexibility index (Phi) is 5.24. The van der Waals surface area contributed by atoms with Crippen LogP contribution < -0.4 is 10.6 Å². The van der Waals surface area contributed by atoms with Gasteiger partial charge in [0.25, 0.3) is 0 Å². The number of aryl methyl sites for hydroxylation is 1. The number of hydrogen-bond donors (Lipinski definition) is 2. The number of anilines is 3. The monoisotopic (exact) mass is 460 g/mol. The Morgan fingerprint density at radius 1 is 0.824 bits per heavy atom. The van der Waals surface area contributed by atoms with Gasteiger partial charge < -0.3 is 10.6 Å². The van der Waals surface area contributed by atoms with Crippen molar-refractivity contribution >= 4 is 39.3 Å².